The Bertz CT molecular complexity index is 472. The molecular formula is C16H20O2. The summed E-state index contributed by atoms with van der Waals surface area (Å²) < 4.78 is 5.23. The monoisotopic (exact) mass is 244 g/mol. The smallest absolute Gasteiger partial charge is 0.163 e. The van der Waals surface area contributed by atoms with Crippen LogP contribution in [0.2, 0.25) is 0 Å². The molecule has 0 spiro atoms. The molecule has 0 unspecified atom stereocenters. The Morgan fingerprint density at radius 3 is 2.83 bits per heavy atom. The summed E-state index contributed by atoms with van der Waals surface area (Å²) in [5, 5.41) is 0. The number of unbranched alkanes of at least 4 members (excludes halogenated alkanes) is 1. The zero-order chi connectivity index (χ0) is 13.0. The molecule has 0 heterocycles. The van der Waals surface area contributed by atoms with Crippen molar-refractivity contribution in [1.82, 2.24) is 0 Å². The van der Waals surface area contributed by atoms with Crippen molar-refractivity contribution in [1.29, 1.82) is 0 Å². The minimum absolute atomic E-state index is 0.286. The predicted octanol–water partition coefficient (Wildman–Crippen LogP) is 4.00. The van der Waals surface area contributed by atoms with Gasteiger partial charge in [-0.15, -0.1) is 0 Å². The van der Waals surface area contributed by atoms with Crippen molar-refractivity contribution in [3.8, 4) is 5.75 Å². The zero-order valence-corrected chi connectivity index (χ0v) is 11.2. The van der Waals surface area contributed by atoms with Crippen molar-refractivity contribution < 1.29 is 9.53 Å². The summed E-state index contributed by atoms with van der Waals surface area (Å²) >= 11 is 0. The van der Waals surface area contributed by atoms with Crippen LogP contribution in [0.15, 0.2) is 29.8 Å². The van der Waals surface area contributed by atoms with E-state index in [1.54, 1.807) is 7.11 Å². The Labute approximate surface area is 109 Å². The first-order valence-corrected chi connectivity index (χ1v) is 6.66. The maximum absolute atomic E-state index is 12.0. The number of carbonyl (C=O) groups is 1. The number of benzene rings is 1. The molecule has 0 atom stereocenters. The van der Waals surface area contributed by atoms with E-state index in [0.29, 0.717) is 6.42 Å². The van der Waals surface area contributed by atoms with Crippen LogP contribution >= 0.6 is 0 Å². The highest BCUT2D eigenvalue weighted by Gasteiger charge is 2.23. The molecule has 0 aromatic heterocycles. The Morgan fingerprint density at radius 2 is 2.11 bits per heavy atom. The van der Waals surface area contributed by atoms with E-state index in [-0.39, 0.29) is 5.78 Å². The van der Waals surface area contributed by atoms with Gasteiger partial charge in [0.15, 0.2) is 5.78 Å². The molecule has 2 heteroatoms. The van der Waals surface area contributed by atoms with E-state index in [1.165, 1.54) is 12.0 Å². The first-order chi connectivity index (χ1) is 8.76. The summed E-state index contributed by atoms with van der Waals surface area (Å²) in [6, 6.07) is 7.83. The highest BCUT2D eigenvalue weighted by molar-refractivity contribution is 6.23. The van der Waals surface area contributed by atoms with Gasteiger partial charge in [0.05, 0.1) is 7.11 Å². The van der Waals surface area contributed by atoms with Crippen molar-refractivity contribution in [3.63, 3.8) is 0 Å². The summed E-state index contributed by atoms with van der Waals surface area (Å²) in [7, 11) is 1.65. The molecule has 0 amide bonds. The molecular weight excluding hydrogens is 224 g/mol. The molecule has 0 N–H and O–H groups in total. The second-order valence-corrected chi connectivity index (χ2v) is 4.74. The lowest BCUT2D eigenvalue weighted by atomic mass is 9.98. The Kier molecular flexibility index (Phi) is 4.19. The number of hydrogen-bond acceptors (Lipinski definition) is 2. The average molecular weight is 244 g/mol. The average Bonchev–Trinajstić information content (AvgIpc) is 2.77. The van der Waals surface area contributed by atoms with Gasteiger partial charge in [-0.1, -0.05) is 31.1 Å². The highest BCUT2D eigenvalue weighted by Crippen LogP contribution is 2.35. The van der Waals surface area contributed by atoms with Gasteiger partial charge >= 0.3 is 0 Å². The molecule has 2 nitrogen and oxygen atoms in total. The van der Waals surface area contributed by atoms with E-state index in [1.807, 2.05) is 24.3 Å². The molecule has 18 heavy (non-hydrogen) atoms. The summed E-state index contributed by atoms with van der Waals surface area (Å²) in [5.74, 6) is 1.10. The third-order valence-electron chi connectivity index (χ3n) is 3.48. The SMILES string of the molecule is CCCCC1=C(c2cccc(OC)c2)C(=O)CC1. The van der Waals surface area contributed by atoms with Crippen LogP contribution in [0.5, 0.6) is 5.75 Å². The van der Waals surface area contributed by atoms with Crippen molar-refractivity contribution in [3.05, 3.63) is 35.4 Å². The molecule has 1 aromatic rings. The van der Waals surface area contributed by atoms with Crippen LogP contribution in [0.3, 0.4) is 0 Å². The molecule has 1 aromatic carbocycles. The standard InChI is InChI=1S/C16H20O2/c1-3-4-6-12-9-10-15(17)16(12)13-7-5-8-14(11-13)18-2/h5,7-8,11H,3-4,6,9-10H2,1-2H3. The molecule has 1 aliphatic carbocycles. The van der Waals surface area contributed by atoms with E-state index in [0.717, 1.165) is 36.1 Å². The van der Waals surface area contributed by atoms with Gasteiger partial charge in [-0.2, -0.15) is 0 Å². The van der Waals surface area contributed by atoms with Gasteiger partial charge < -0.3 is 4.74 Å². The first-order valence-electron chi connectivity index (χ1n) is 6.66. The van der Waals surface area contributed by atoms with Crippen LogP contribution in [0, 0.1) is 0 Å². The predicted molar refractivity (Wildman–Crippen MR) is 73.7 cm³/mol. The first kappa shape index (κ1) is 12.9. The van der Waals surface area contributed by atoms with Crippen molar-refractivity contribution in [2.75, 3.05) is 7.11 Å². The maximum Gasteiger partial charge on any atom is 0.163 e. The topological polar surface area (TPSA) is 26.3 Å². The summed E-state index contributed by atoms with van der Waals surface area (Å²) in [4.78, 5) is 12.0. The molecule has 96 valence electrons. The quantitative estimate of drug-likeness (QED) is 0.782. The second-order valence-electron chi connectivity index (χ2n) is 4.74. The lowest BCUT2D eigenvalue weighted by Crippen LogP contribution is -1.97. The van der Waals surface area contributed by atoms with Gasteiger partial charge in [0.25, 0.3) is 0 Å². The van der Waals surface area contributed by atoms with E-state index in [4.69, 9.17) is 4.74 Å². The van der Waals surface area contributed by atoms with Crippen LogP contribution in [-0.4, -0.2) is 12.9 Å². The molecule has 1 aliphatic rings. The minimum Gasteiger partial charge on any atom is -0.497 e. The van der Waals surface area contributed by atoms with Gasteiger partial charge in [0.2, 0.25) is 0 Å². The van der Waals surface area contributed by atoms with Crippen molar-refractivity contribution in [2.45, 2.75) is 39.0 Å². The number of allylic oxidation sites excluding steroid dienone is 2. The van der Waals surface area contributed by atoms with Crippen LogP contribution < -0.4 is 4.74 Å². The fourth-order valence-electron chi connectivity index (χ4n) is 2.50. The number of hydrogen-bond donors (Lipinski definition) is 0. The lowest BCUT2D eigenvalue weighted by molar-refractivity contribution is -0.113. The number of methoxy groups -OCH3 is 1. The van der Waals surface area contributed by atoms with Gasteiger partial charge in [0, 0.05) is 12.0 Å². The maximum atomic E-state index is 12.0. The number of rotatable bonds is 5. The fraction of sp³-hybridized carbons (Fsp3) is 0.438. The normalized spacial score (nSPS) is 15.3. The summed E-state index contributed by atoms with van der Waals surface area (Å²) in [6.07, 6.45) is 4.99. The Hall–Kier alpha value is -1.57. The fourth-order valence-corrected chi connectivity index (χ4v) is 2.50. The number of Topliss-reactive ketones (excluding diaryl/α,β-unsaturated/α-hetero) is 1. The summed E-state index contributed by atoms with van der Waals surface area (Å²) in [6.45, 7) is 2.18. The zero-order valence-electron chi connectivity index (χ0n) is 11.2. The molecule has 0 radical (unpaired) electrons. The molecule has 2 rings (SSSR count). The van der Waals surface area contributed by atoms with Crippen LogP contribution in [-0.2, 0) is 4.79 Å². The van der Waals surface area contributed by atoms with E-state index >= 15 is 0 Å². The molecule has 0 saturated heterocycles. The Morgan fingerprint density at radius 1 is 1.28 bits per heavy atom. The van der Waals surface area contributed by atoms with Gasteiger partial charge in [-0.25, -0.2) is 0 Å². The number of ketones is 1. The third-order valence-corrected chi connectivity index (χ3v) is 3.48. The molecule has 0 bridgehead atoms. The van der Waals surface area contributed by atoms with Gasteiger partial charge in [-0.05, 0) is 37.0 Å². The molecule has 0 aliphatic heterocycles. The number of carbonyl (C=O) groups excluding carboxylic acids is 1. The molecule has 0 fully saturated rings. The van der Waals surface area contributed by atoms with Crippen LogP contribution in [0.1, 0.15) is 44.6 Å². The van der Waals surface area contributed by atoms with Crippen molar-refractivity contribution in [2.24, 2.45) is 0 Å². The van der Waals surface area contributed by atoms with Crippen molar-refractivity contribution >= 4 is 11.4 Å². The largest absolute Gasteiger partial charge is 0.497 e. The Balaban J connectivity index is 2.34. The molecule has 0 saturated carbocycles. The minimum atomic E-state index is 0.286. The highest BCUT2D eigenvalue weighted by atomic mass is 16.5. The van der Waals surface area contributed by atoms with E-state index in [9.17, 15) is 4.79 Å². The summed E-state index contributed by atoms with van der Waals surface area (Å²) in [5.41, 5.74) is 3.29. The lowest BCUT2D eigenvalue weighted by Gasteiger charge is -2.08. The number of ether oxygens (including phenoxy) is 1. The van der Waals surface area contributed by atoms with Crippen LogP contribution in [0.4, 0.5) is 0 Å². The van der Waals surface area contributed by atoms with E-state index < -0.39 is 0 Å². The van der Waals surface area contributed by atoms with E-state index in [2.05, 4.69) is 6.92 Å². The second kappa shape index (κ2) is 5.85. The van der Waals surface area contributed by atoms with Gasteiger partial charge in [-0.3, -0.25) is 4.79 Å². The van der Waals surface area contributed by atoms with Gasteiger partial charge in [0.1, 0.15) is 5.75 Å². The van der Waals surface area contributed by atoms with Crippen LogP contribution in [0.25, 0.3) is 5.57 Å². The third kappa shape index (κ3) is 2.63.